The Morgan fingerprint density at radius 3 is 2.52 bits per heavy atom. The van der Waals surface area contributed by atoms with Crippen LogP contribution < -0.4 is 14.8 Å². The lowest BCUT2D eigenvalue weighted by Crippen LogP contribution is -2.14. The molecule has 3 aromatic carbocycles. The molecule has 0 spiro atoms. The second-order valence-corrected chi connectivity index (χ2v) is 7.91. The van der Waals surface area contributed by atoms with Crippen LogP contribution in [-0.2, 0) is 4.79 Å². The SMILES string of the molecule is COc1ccc(-c2ccc(NC(=O)[C@@H]3C[C@H]3c3ccccc3)cc2-c2nn[nH]n2)cc1OC. The number of benzene rings is 3. The van der Waals surface area contributed by atoms with Crippen LogP contribution in [0.25, 0.3) is 22.5 Å². The Morgan fingerprint density at radius 1 is 0.970 bits per heavy atom. The smallest absolute Gasteiger partial charge is 0.228 e. The summed E-state index contributed by atoms with van der Waals surface area (Å²) in [4.78, 5) is 12.9. The monoisotopic (exact) mass is 441 g/mol. The highest BCUT2D eigenvalue weighted by atomic mass is 16.5. The Kier molecular flexibility index (Phi) is 5.48. The maximum atomic E-state index is 12.9. The molecule has 5 rings (SSSR count). The average molecular weight is 441 g/mol. The molecular weight excluding hydrogens is 418 g/mol. The van der Waals surface area contributed by atoms with Gasteiger partial charge in [0.15, 0.2) is 11.5 Å². The van der Waals surface area contributed by atoms with Crippen molar-refractivity contribution in [1.29, 1.82) is 0 Å². The van der Waals surface area contributed by atoms with Crippen molar-refractivity contribution in [2.75, 3.05) is 19.5 Å². The first-order chi connectivity index (χ1) is 16.2. The fourth-order valence-electron chi connectivity index (χ4n) is 4.13. The number of carbonyl (C=O) groups is 1. The summed E-state index contributed by atoms with van der Waals surface area (Å²) >= 11 is 0. The number of hydrogen-bond donors (Lipinski definition) is 2. The van der Waals surface area contributed by atoms with Crippen LogP contribution in [0.4, 0.5) is 5.69 Å². The summed E-state index contributed by atoms with van der Waals surface area (Å²) in [5.41, 5.74) is 4.40. The number of aromatic nitrogens is 4. The number of H-pyrrole nitrogens is 1. The van der Waals surface area contributed by atoms with E-state index in [1.807, 2.05) is 54.6 Å². The number of tetrazole rings is 1. The van der Waals surface area contributed by atoms with Gasteiger partial charge in [-0.15, -0.1) is 10.2 Å². The van der Waals surface area contributed by atoms with E-state index in [9.17, 15) is 4.79 Å². The summed E-state index contributed by atoms with van der Waals surface area (Å²) in [6.45, 7) is 0. The number of aromatic amines is 1. The number of amides is 1. The number of carbonyl (C=O) groups excluding carboxylic acids is 1. The van der Waals surface area contributed by atoms with Crippen LogP contribution in [0, 0.1) is 5.92 Å². The van der Waals surface area contributed by atoms with Crippen LogP contribution in [0.5, 0.6) is 11.5 Å². The minimum absolute atomic E-state index is 0.0155. The van der Waals surface area contributed by atoms with Gasteiger partial charge in [-0.2, -0.15) is 5.21 Å². The van der Waals surface area contributed by atoms with Crippen LogP contribution in [0.1, 0.15) is 17.9 Å². The third kappa shape index (κ3) is 4.15. The van der Waals surface area contributed by atoms with Gasteiger partial charge in [-0.1, -0.05) is 42.5 Å². The van der Waals surface area contributed by atoms with Gasteiger partial charge in [0.05, 0.1) is 14.2 Å². The van der Waals surface area contributed by atoms with Crippen LogP contribution in [-0.4, -0.2) is 40.8 Å². The maximum absolute atomic E-state index is 12.9. The van der Waals surface area contributed by atoms with E-state index in [-0.39, 0.29) is 17.7 Å². The molecule has 1 fully saturated rings. The van der Waals surface area contributed by atoms with Crippen molar-refractivity contribution < 1.29 is 14.3 Å². The molecule has 1 amide bonds. The van der Waals surface area contributed by atoms with E-state index in [1.54, 1.807) is 14.2 Å². The lowest BCUT2D eigenvalue weighted by Gasteiger charge is -2.13. The molecular formula is C25H23N5O3. The zero-order valence-corrected chi connectivity index (χ0v) is 18.3. The van der Waals surface area contributed by atoms with Crippen LogP contribution in [0.2, 0.25) is 0 Å². The summed E-state index contributed by atoms with van der Waals surface area (Å²) in [6.07, 6.45) is 0.858. The molecule has 2 N–H and O–H groups in total. The molecule has 1 saturated carbocycles. The molecule has 2 atom stereocenters. The molecule has 1 aromatic heterocycles. The van der Waals surface area contributed by atoms with Crippen molar-refractivity contribution in [2.45, 2.75) is 12.3 Å². The molecule has 0 saturated heterocycles. The molecule has 0 aliphatic heterocycles. The summed E-state index contributed by atoms with van der Waals surface area (Å²) in [6, 6.07) is 21.5. The number of nitrogens with one attached hydrogen (secondary N) is 2. The maximum Gasteiger partial charge on any atom is 0.228 e. The summed E-state index contributed by atoms with van der Waals surface area (Å²) in [5, 5.41) is 17.6. The average Bonchev–Trinajstić information content (AvgIpc) is 3.49. The van der Waals surface area contributed by atoms with Gasteiger partial charge in [-0.3, -0.25) is 4.79 Å². The topological polar surface area (TPSA) is 102 Å². The van der Waals surface area contributed by atoms with E-state index in [0.717, 1.165) is 23.1 Å². The lowest BCUT2D eigenvalue weighted by atomic mass is 9.98. The van der Waals surface area contributed by atoms with Crippen molar-refractivity contribution in [3.63, 3.8) is 0 Å². The molecule has 4 aromatic rings. The summed E-state index contributed by atoms with van der Waals surface area (Å²) in [7, 11) is 3.20. The molecule has 8 heteroatoms. The van der Waals surface area contributed by atoms with Crippen LogP contribution in [0.3, 0.4) is 0 Å². The largest absolute Gasteiger partial charge is 0.493 e. The van der Waals surface area contributed by atoms with E-state index in [2.05, 4.69) is 38.1 Å². The Labute approximate surface area is 190 Å². The number of anilines is 1. The predicted molar refractivity (Wildman–Crippen MR) is 124 cm³/mol. The second-order valence-electron chi connectivity index (χ2n) is 7.91. The zero-order chi connectivity index (χ0) is 22.8. The number of ether oxygens (including phenoxy) is 2. The highest BCUT2D eigenvalue weighted by Gasteiger charge is 2.43. The van der Waals surface area contributed by atoms with E-state index < -0.39 is 0 Å². The first-order valence-electron chi connectivity index (χ1n) is 10.6. The number of rotatable bonds is 7. The second kappa shape index (κ2) is 8.74. The van der Waals surface area contributed by atoms with Crippen LogP contribution in [0.15, 0.2) is 66.7 Å². The Balaban J connectivity index is 1.43. The lowest BCUT2D eigenvalue weighted by molar-refractivity contribution is -0.117. The molecule has 0 bridgehead atoms. The van der Waals surface area contributed by atoms with E-state index in [0.29, 0.717) is 23.0 Å². The summed E-state index contributed by atoms with van der Waals surface area (Å²) in [5.74, 6) is 1.96. The van der Waals surface area contributed by atoms with Gasteiger partial charge in [0.1, 0.15) is 0 Å². The summed E-state index contributed by atoms with van der Waals surface area (Å²) < 4.78 is 10.8. The molecule has 1 aliphatic rings. The number of nitrogens with zero attached hydrogens (tertiary/aromatic N) is 3. The fraction of sp³-hybridized carbons (Fsp3) is 0.200. The van der Waals surface area contributed by atoms with E-state index in [1.165, 1.54) is 5.56 Å². The minimum atomic E-state index is -0.0217. The Hall–Kier alpha value is -4.20. The molecule has 8 nitrogen and oxygen atoms in total. The first-order valence-corrected chi connectivity index (χ1v) is 10.6. The third-order valence-electron chi connectivity index (χ3n) is 5.92. The molecule has 0 radical (unpaired) electrons. The normalized spacial score (nSPS) is 16.8. The van der Waals surface area contributed by atoms with Crippen molar-refractivity contribution >= 4 is 11.6 Å². The van der Waals surface area contributed by atoms with Crippen molar-refractivity contribution in [3.05, 3.63) is 72.3 Å². The minimum Gasteiger partial charge on any atom is -0.493 e. The van der Waals surface area contributed by atoms with Gasteiger partial charge in [0.2, 0.25) is 11.7 Å². The molecule has 1 aliphatic carbocycles. The standard InChI is InChI=1S/C25H23N5O3/c1-32-22-11-8-16(12-23(22)33-2)18-10-9-17(13-20(18)24-27-29-30-28-24)26-25(31)21-14-19(21)15-6-4-3-5-7-15/h3-13,19,21H,14H2,1-2H3,(H,26,31)(H,27,28,29,30)/t19-,21+/m0/s1. The van der Waals surface area contributed by atoms with Crippen molar-refractivity contribution in [1.82, 2.24) is 20.6 Å². The molecule has 33 heavy (non-hydrogen) atoms. The third-order valence-corrected chi connectivity index (χ3v) is 5.92. The molecule has 1 heterocycles. The molecule has 166 valence electrons. The van der Waals surface area contributed by atoms with Gasteiger partial charge in [-0.25, -0.2) is 0 Å². The van der Waals surface area contributed by atoms with E-state index >= 15 is 0 Å². The van der Waals surface area contributed by atoms with Crippen LogP contribution >= 0.6 is 0 Å². The highest BCUT2D eigenvalue weighted by Crippen LogP contribution is 2.48. The molecule has 0 unspecified atom stereocenters. The number of hydrogen-bond acceptors (Lipinski definition) is 6. The van der Waals surface area contributed by atoms with Gasteiger partial charge < -0.3 is 14.8 Å². The zero-order valence-electron chi connectivity index (χ0n) is 18.3. The first kappa shape index (κ1) is 20.7. The van der Waals surface area contributed by atoms with Crippen molar-refractivity contribution in [2.24, 2.45) is 5.92 Å². The Morgan fingerprint density at radius 2 is 1.79 bits per heavy atom. The highest BCUT2D eigenvalue weighted by molar-refractivity contribution is 5.96. The number of methoxy groups -OCH3 is 2. The van der Waals surface area contributed by atoms with Gasteiger partial charge in [-0.05, 0) is 58.5 Å². The van der Waals surface area contributed by atoms with E-state index in [4.69, 9.17) is 9.47 Å². The van der Waals surface area contributed by atoms with Crippen molar-refractivity contribution in [3.8, 4) is 34.0 Å². The Bertz CT molecular complexity index is 1270. The fourth-order valence-corrected chi connectivity index (χ4v) is 4.13. The van der Waals surface area contributed by atoms with Gasteiger partial charge in [0, 0.05) is 17.2 Å². The van der Waals surface area contributed by atoms with Gasteiger partial charge >= 0.3 is 0 Å². The quantitative estimate of drug-likeness (QED) is 0.444. The van der Waals surface area contributed by atoms with Gasteiger partial charge in [0.25, 0.3) is 0 Å². The predicted octanol–water partition coefficient (Wildman–Crippen LogP) is 4.29.